The van der Waals surface area contributed by atoms with Gasteiger partial charge < -0.3 is 9.47 Å². The molecule has 0 N–H and O–H groups in total. The largest absolute Gasteiger partial charge is 0.465 e. The lowest BCUT2D eigenvalue weighted by atomic mass is 9.93. The van der Waals surface area contributed by atoms with Crippen LogP contribution < -0.4 is 0 Å². The number of alkyl halides is 1. The lowest BCUT2D eigenvalue weighted by Crippen LogP contribution is -2.48. The van der Waals surface area contributed by atoms with Crippen molar-refractivity contribution in [2.45, 2.75) is 39.5 Å². The summed E-state index contributed by atoms with van der Waals surface area (Å²) in [5.41, 5.74) is -1.20. The fourth-order valence-corrected chi connectivity index (χ4v) is 5.07. The van der Waals surface area contributed by atoms with Gasteiger partial charge in [-0.3, -0.25) is 9.59 Å². The minimum Gasteiger partial charge on any atom is -0.465 e. The molecule has 4 nitrogen and oxygen atoms in total. The van der Waals surface area contributed by atoms with Crippen LogP contribution in [0.5, 0.6) is 0 Å². The molecule has 0 radical (unpaired) electrons. The van der Waals surface area contributed by atoms with Crippen molar-refractivity contribution in [3.05, 3.63) is 0 Å². The fourth-order valence-electron chi connectivity index (χ4n) is 1.83. The van der Waals surface area contributed by atoms with Gasteiger partial charge in [0.25, 0.3) is 0 Å². The Balaban J connectivity index is 5.32. The molecule has 0 saturated heterocycles. The van der Waals surface area contributed by atoms with Crippen LogP contribution in [0.2, 0.25) is 25.7 Å². The molecule has 0 aliphatic carbocycles. The third kappa shape index (κ3) is 4.72. The Labute approximate surface area is 119 Å². The highest BCUT2D eigenvalue weighted by molar-refractivity contribution is 9.09. The van der Waals surface area contributed by atoms with Crippen molar-refractivity contribution >= 4 is 35.9 Å². The van der Waals surface area contributed by atoms with Gasteiger partial charge in [-0.2, -0.15) is 0 Å². The first kappa shape index (κ1) is 17.6. The molecule has 6 heteroatoms. The Morgan fingerprint density at radius 2 is 1.44 bits per heavy atom. The molecular weight excluding hydrogens is 316 g/mol. The fraction of sp³-hybridized carbons (Fsp3) is 0.833. The van der Waals surface area contributed by atoms with Gasteiger partial charge in [0.2, 0.25) is 0 Å². The van der Waals surface area contributed by atoms with Gasteiger partial charge in [0.1, 0.15) is 0 Å². The first-order valence-corrected chi connectivity index (χ1v) is 11.0. The molecule has 0 aromatic heterocycles. The van der Waals surface area contributed by atoms with Crippen LogP contribution in [0.3, 0.4) is 0 Å². The van der Waals surface area contributed by atoms with Crippen molar-refractivity contribution < 1.29 is 19.1 Å². The third-order valence-electron chi connectivity index (χ3n) is 2.39. The van der Waals surface area contributed by atoms with Crippen LogP contribution in [0.25, 0.3) is 0 Å². The van der Waals surface area contributed by atoms with Gasteiger partial charge in [0.05, 0.1) is 13.2 Å². The maximum Gasteiger partial charge on any atom is 0.324 e. The predicted octanol–water partition coefficient (Wildman–Crippen LogP) is 2.83. The SMILES string of the molecule is CCOC(=O)C(CBr)(C[Si](C)(C)C)C(=O)OCC. The topological polar surface area (TPSA) is 52.6 Å². The molecule has 0 rings (SSSR count). The molecule has 0 aliphatic heterocycles. The molecule has 0 amide bonds. The van der Waals surface area contributed by atoms with Crippen molar-refractivity contribution in [1.82, 2.24) is 0 Å². The Kier molecular flexibility index (Phi) is 7.13. The monoisotopic (exact) mass is 338 g/mol. The van der Waals surface area contributed by atoms with Crippen LogP contribution in [-0.2, 0) is 19.1 Å². The van der Waals surface area contributed by atoms with Crippen LogP contribution in [-0.4, -0.2) is 38.6 Å². The number of rotatable bonds is 7. The molecule has 0 aromatic rings. The number of carbonyl (C=O) groups excluding carboxylic acids is 2. The van der Waals surface area contributed by atoms with E-state index in [0.717, 1.165) is 0 Å². The minimum absolute atomic E-state index is 0.238. The van der Waals surface area contributed by atoms with Crippen LogP contribution in [0.1, 0.15) is 13.8 Å². The molecule has 0 saturated carbocycles. The molecule has 0 atom stereocenters. The molecule has 0 aliphatic rings. The van der Waals surface area contributed by atoms with Crippen molar-refractivity contribution in [1.29, 1.82) is 0 Å². The van der Waals surface area contributed by atoms with E-state index in [0.29, 0.717) is 6.04 Å². The van der Waals surface area contributed by atoms with Crippen molar-refractivity contribution in [3.63, 3.8) is 0 Å². The summed E-state index contributed by atoms with van der Waals surface area (Å²) in [7, 11) is -1.63. The number of hydrogen-bond acceptors (Lipinski definition) is 4. The lowest BCUT2D eigenvalue weighted by Gasteiger charge is -2.32. The highest BCUT2D eigenvalue weighted by atomic mass is 79.9. The highest BCUT2D eigenvalue weighted by Crippen LogP contribution is 2.34. The smallest absolute Gasteiger partial charge is 0.324 e. The van der Waals surface area contributed by atoms with E-state index in [4.69, 9.17) is 9.47 Å². The second-order valence-electron chi connectivity index (χ2n) is 5.39. The van der Waals surface area contributed by atoms with E-state index in [9.17, 15) is 9.59 Å². The van der Waals surface area contributed by atoms with Gasteiger partial charge in [-0.15, -0.1) is 0 Å². The van der Waals surface area contributed by atoms with Crippen molar-refractivity contribution in [2.24, 2.45) is 5.41 Å². The molecule has 0 bridgehead atoms. The molecule has 0 spiro atoms. The Morgan fingerprint density at radius 3 is 1.67 bits per heavy atom. The van der Waals surface area contributed by atoms with E-state index >= 15 is 0 Å². The number of carbonyl (C=O) groups is 2. The lowest BCUT2D eigenvalue weighted by molar-refractivity contribution is -0.168. The van der Waals surface area contributed by atoms with E-state index in [2.05, 4.69) is 35.6 Å². The molecule has 106 valence electrons. The van der Waals surface area contributed by atoms with Crippen LogP contribution >= 0.6 is 15.9 Å². The molecule has 0 fully saturated rings. The zero-order valence-corrected chi connectivity index (χ0v) is 14.4. The average molecular weight is 339 g/mol. The number of ether oxygens (including phenoxy) is 2. The van der Waals surface area contributed by atoms with Gasteiger partial charge in [0.15, 0.2) is 5.41 Å². The van der Waals surface area contributed by atoms with E-state index in [1.54, 1.807) is 13.8 Å². The zero-order valence-electron chi connectivity index (χ0n) is 11.8. The van der Waals surface area contributed by atoms with Crippen molar-refractivity contribution in [2.75, 3.05) is 18.5 Å². The Bertz CT molecular complexity index is 281. The number of hydrogen-bond donors (Lipinski definition) is 0. The number of halogens is 1. The first-order valence-electron chi connectivity index (χ1n) is 6.14. The van der Waals surface area contributed by atoms with E-state index in [-0.39, 0.29) is 18.5 Å². The van der Waals surface area contributed by atoms with Gasteiger partial charge in [-0.05, 0) is 19.9 Å². The van der Waals surface area contributed by atoms with E-state index < -0.39 is 25.4 Å². The summed E-state index contributed by atoms with van der Waals surface area (Å²) in [4.78, 5) is 24.3. The van der Waals surface area contributed by atoms with Gasteiger partial charge in [-0.25, -0.2) is 0 Å². The van der Waals surface area contributed by atoms with Crippen LogP contribution in [0.15, 0.2) is 0 Å². The molecule has 18 heavy (non-hydrogen) atoms. The summed E-state index contributed by atoms with van der Waals surface area (Å²) >= 11 is 3.29. The minimum atomic E-state index is -1.63. The molecule has 0 heterocycles. The Hall–Kier alpha value is -0.363. The summed E-state index contributed by atoms with van der Waals surface area (Å²) < 4.78 is 10.1. The molecule has 0 unspecified atom stereocenters. The average Bonchev–Trinajstić information content (AvgIpc) is 2.25. The van der Waals surface area contributed by atoms with Crippen molar-refractivity contribution in [3.8, 4) is 0 Å². The van der Waals surface area contributed by atoms with E-state index in [1.165, 1.54) is 0 Å². The summed E-state index contributed by atoms with van der Waals surface area (Å²) in [6.45, 7) is 10.3. The summed E-state index contributed by atoms with van der Waals surface area (Å²) in [6, 6.07) is 0.517. The zero-order chi connectivity index (χ0) is 14.4. The highest BCUT2D eigenvalue weighted by Gasteiger charge is 2.50. The molecular formula is C12H23BrO4Si. The second kappa shape index (κ2) is 7.28. The maximum atomic E-state index is 12.2. The third-order valence-corrected chi connectivity index (χ3v) is 5.01. The normalized spacial score (nSPS) is 12.1. The second-order valence-corrected chi connectivity index (χ2v) is 11.4. The van der Waals surface area contributed by atoms with Gasteiger partial charge >= 0.3 is 11.9 Å². The maximum absolute atomic E-state index is 12.2. The number of esters is 2. The summed E-state index contributed by atoms with van der Waals surface area (Å²) in [6.07, 6.45) is 0. The predicted molar refractivity (Wildman–Crippen MR) is 77.6 cm³/mol. The van der Waals surface area contributed by atoms with E-state index in [1.807, 2.05) is 0 Å². The Morgan fingerprint density at radius 1 is 1.06 bits per heavy atom. The standard InChI is InChI=1S/C12H23BrO4Si/c1-6-16-10(14)12(8-13,9-18(3,4)5)11(15)17-7-2/h6-9H2,1-5H3. The van der Waals surface area contributed by atoms with Gasteiger partial charge in [-0.1, -0.05) is 35.6 Å². The summed E-state index contributed by atoms with van der Waals surface area (Å²) in [5.74, 6) is -0.967. The summed E-state index contributed by atoms with van der Waals surface area (Å²) in [5, 5.41) is 0.238. The first-order chi connectivity index (χ1) is 8.23. The van der Waals surface area contributed by atoms with Crippen LogP contribution in [0.4, 0.5) is 0 Å². The van der Waals surface area contributed by atoms with Crippen LogP contribution in [0, 0.1) is 5.41 Å². The van der Waals surface area contributed by atoms with Gasteiger partial charge in [0, 0.05) is 13.4 Å². The molecule has 0 aromatic carbocycles. The quantitative estimate of drug-likeness (QED) is 0.310.